The number of halogens is 1. The summed E-state index contributed by atoms with van der Waals surface area (Å²) in [6, 6.07) is 17.9. The van der Waals surface area contributed by atoms with E-state index in [-0.39, 0.29) is 0 Å². The fraction of sp³-hybridized carbons (Fsp3) is 0.368. The predicted octanol–water partition coefficient (Wildman–Crippen LogP) is 5.96. The molecule has 3 atom stereocenters. The number of alkyl halides is 1. The third-order valence-corrected chi connectivity index (χ3v) is 7.43. The van der Waals surface area contributed by atoms with Crippen molar-refractivity contribution in [2.75, 3.05) is 5.75 Å². The van der Waals surface area contributed by atoms with Crippen LogP contribution in [0.25, 0.3) is 0 Å². The molecule has 2 aromatic carbocycles. The maximum absolute atomic E-state index is 3.99. The van der Waals surface area contributed by atoms with Crippen LogP contribution in [0.5, 0.6) is 0 Å². The standard InChI is InChI=1S/C19H19BrS/c20-19-14(10-9-13-5-1-2-7-17(13)19)11-15-12-21-18-8-4-3-6-16(15)18/h1-8,14-15,19H,9-12H2. The van der Waals surface area contributed by atoms with Crippen LogP contribution in [0.1, 0.15) is 40.3 Å². The molecule has 0 saturated carbocycles. The van der Waals surface area contributed by atoms with Gasteiger partial charge in [0, 0.05) is 15.5 Å². The van der Waals surface area contributed by atoms with E-state index in [0.29, 0.717) is 4.83 Å². The summed E-state index contributed by atoms with van der Waals surface area (Å²) in [5, 5.41) is 0. The van der Waals surface area contributed by atoms with E-state index in [1.54, 1.807) is 5.56 Å². The van der Waals surface area contributed by atoms with Gasteiger partial charge in [-0.3, -0.25) is 0 Å². The number of fused-ring (bicyclic) bond motifs is 2. The summed E-state index contributed by atoms with van der Waals surface area (Å²) in [5.41, 5.74) is 4.64. The molecule has 1 heterocycles. The molecule has 3 unspecified atom stereocenters. The Morgan fingerprint density at radius 3 is 2.67 bits per heavy atom. The topological polar surface area (TPSA) is 0 Å². The van der Waals surface area contributed by atoms with Gasteiger partial charge in [-0.05, 0) is 53.9 Å². The van der Waals surface area contributed by atoms with Crippen molar-refractivity contribution >= 4 is 27.7 Å². The van der Waals surface area contributed by atoms with Gasteiger partial charge in [0.2, 0.25) is 0 Å². The van der Waals surface area contributed by atoms with Crippen molar-refractivity contribution in [3.63, 3.8) is 0 Å². The Labute approximate surface area is 139 Å². The Kier molecular flexibility index (Phi) is 3.85. The molecule has 21 heavy (non-hydrogen) atoms. The summed E-state index contributed by atoms with van der Waals surface area (Å²) < 4.78 is 0. The summed E-state index contributed by atoms with van der Waals surface area (Å²) in [6.07, 6.45) is 3.87. The van der Waals surface area contributed by atoms with Gasteiger partial charge in [-0.15, -0.1) is 11.8 Å². The van der Waals surface area contributed by atoms with E-state index < -0.39 is 0 Å². The fourth-order valence-electron chi connectivity index (χ4n) is 3.80. The third-order valence-electron chi connectivity index (χ3n) is 4.94. The van der Waals surface area contributed by atoms with Crippen LogP contribution in [0.2, 0.25) is 0 Å². The van der Waals surface area contributed by atoms with Gasteiger partial charge in [0.25, 0.3) is 0 Å². The first-order valence-corrected chi connectivity index (χ1v) is 9.66. The number of hydrogen-bond acceptors (Lipinski definition) is 1. The highest BCUT2D eigenvalue weighted by molar-refractivity contribution is 9.09. The van der Waals surface area contributed by atoms with Crippen LogP contribution in [-0.4, -0.2) is 5.75 Å². The predicted molar refractivity (Wildman–Crippen MR) is 94.4 cm³/mol. The molecule has 0 amide bonds. The zero-order chi connectivity index (χ0) is 14.2. The summed E-state index contributed by atoms with van der Waals surface area (Å²) in [6.45, 7) is 0. The van der Waals surface area contributed by atoms with Crippen LogP contribution >= 0.6 is 27.7 Å². The van der Waals surface area contributed by atoms with E-state index in [9.17, 15) is 0 Å². The molecule has 2 aliphatic rings. The number of hydrogen-bond donors (Lipinski definition) is 0. The maximum atomic E-state index is 3.99. The van der Waals surface area contributed by atoms with Crippen LogP contribution in [0.4, 0.5) is 0 Å². The number of aryl methyl sites for hydroxylation is 1. The van der Waals surface area contributed by atoms with Crippen LogP contribution < -0.4 is 0 Å². The fourth-order valence-corrected chi connectivity index (χ4v) is 6.00. The lowest BCUT2D eigenvalue weighted by molar-refractivity contribution is 0.398. The van der Waals surface area contributed by atoms with E-state index in [4.69, 9.17) is 0 Å². The summed E-state index contributed by atoms with van der Waals surface area (Å²) >= 11 is 6.03. The molecular formula is C19H19BrS. The van der Waals surface area contributed by atoms with E-state index in [2.05, 4.69) is 64.5 Å². The van der Waals surface area contributed by atoms with E-state index >= 15 is 0 Å². The van der Waals surface area contributed by atoms with Crippen molar-refractivity contribution in [3.8, 4) is 0 Å². The molecule has 0 aromatic heterocycles. The van der Waals surface area contributed by atoms with Crippen molar-refractivity contribution in [2.24, 2.45) is 5.92 Å². The van der Waals surface area contributed by atoms with Crippen molar-refractivity contribution < 1.29 is 0 Å². The van der Waals surface area contributed by atoms with Gasteiger partial charge in [0.1, 0.15) is 0 Å². The maximum Gasteiger partial charge on any atom is 0.0426 e. The molecule has 0 spiro atoms. The molecule has 2 aromatic rings. The first-order chi connectivity index (χ1) is 10.3. The van der Waals surface area contributed by atoms with Gasteiger partial charge in [0.15, 0.2) is 0 Å². The Hall–Kier alpha value is -0.730. The average molecular weight is 359 g/mol. The second-order valence-electron chi connectivity index (χ2n) is 6.18. The van der Waals surface area contributed by atoms with E-state index in [1.807, 2.05) is 11.8 Å². The Balaban J connectivity index is 1.55. The quantitative estimate of drug-likeness (QED) is 0.596. The Morgan fingerprint density at radius 1 is 1.00 bits per heavy atom. The van der Waals surface area contributed by atoms with Crippen molar-refractivity contribution in [3.05, 3.63) is 65.2 Å². The second-order valence-corrected chi connectivity index (χ2v) is 8.23. The lowest BCUT2D eigenvalue weighted by Crippen LogP contribution is -2.19. The van der Waals surface area contributed by atoms with Crippen LogP contribution in [0, 0.1) is 5.92 Å². The average Bonchev–Trinajstić information content (AvgIpc) is 2.94. The SMILES string of the molecule is BrC1c2ccccc2CCC1CC1CSc2ccccc21. The number of benzene rings is 2. The molecule has 1 aliphatic carbocycles. The third kappa shape index (κ3) is 2.57. The largest absolute Gasteiger partial charge is 0.125 e. The lowest BCUT2D eigenvalue weighted by atomic mass is 9.78. The molecule has 0 fully saturated rings. The normalized spacial score (nSPS) is 27.2. The highest BCUT2D eigenvalue weighted by Gasteiger charge is 2.32. The van der Waals surface area contributed by atoms with Gasteiger partial charge in [0.05, 0.1) is 0 Å². The summed E-state index contributed by atoms with van der Waals surface area (Å²) in [7, 11) is 0. The minimum Gasteiger partial charge on any atom is -0.125 e. The van der Waals surface area contributed by atoms with Crippen molar-refractivity contribution in [1.29, 1.82) is 0 Å². The lowest BCUT2D eigenvalue weighted by Gasteiger charge is -2.31. The van der Waals surface area contributed by atoms with Gasteiger partial charge >= 0.3 is 0 Å². The summed E-state index contributed by atoms with van der Waals surface area (Å²) in [4.78, 5) is 2.03. The van der Waals surface area contributed by atoms with Crippen molar-refractivity contribution in [1.82, 2.24) is 0 Å². The highest BCUT2D eigenvalue weighted by atomic mass is 79.9. The zero-order valence-electron chi connectivity index (χ0n) is 12.0. The number of rotatable bonds is 2. The van der Waals surface area contributed by atoms with E-state index in [1.165, 1.54) is 41.0 Å². The van der Waals surface area contributed by atoms with E-state index in [0.717, 1.165) is 11.8 Å². The number of thioether (sulfide) groups is 1. The molecule has 1 aliphatic heterocycles. The van der Waals surface area contributed by atoms with Gasteiger partial charge in [-0.25, -0.2) is 0 Å². The van der Waals surface area contributed by atoms with Gasteiger partial charge in [-0.1, -0.05) is 58.4 Å². The van der Waals surface area contributed by atoms with Crippen LogP contribution in [0.15, 0.2) is 53.4 Å². The minimum absolute atomic E-state index is 0.528. The smallest absolute Gasteiger partial charge is 0.0426 e. The monoisotopic (exact) mass is 358 g/mol. The molecule has 0 saturated heterocycles. The highest BCUT2D eigenvalue weighted by Crippen LogP contribution is 2.48. The van der Waals surface area contributed by atoms with Crippen molar-refractivity contribution in [2.45, 2.75) is 34.9 Å². The van der Waals surface area contributed by atoms with Crippen LogP contribution in [-0.2, 0) is 6.42 Å². The molecule has 0 nitrogen and oxygen atoms in total. The Bertz CT molecular complexity index is 652. The first kappa shape index (κ1) is 13.9. The molecule has 0 bridgehead atoms. The second kappa shape index (κ2) is 5.81. The molecule has 0 radical (unpaired) electrons. The minimum atomic E-state index is 0.528. The van der Waals surface area contributed by atoms with Crippen LogP contribution in [0.3, 0.4) is 0 Å². The molecule has 4 rings (SSSR count). The first-order valence-electron chi connectivity index (χ1n) is 7.76. The van der Waals surface area contributed by atoms with Gasteiger partial charge in [-0.2, -0.15) is 0 Å². The summed E-state index contributed by atoms with van der Waals surface area (Å²) in [5.74, 6) is 2.76. The van der Waals surface area contributed by atoms with Gasteiger partial charge < -0.3 is 0 Å². The molecule has 2 heteroatoms. The molecule has 0 N–H and O–H groups in total. The molecule has 108 valence electrons. The Morgan fingerprint density at radius 2 is 1.76 bits per heavy atom. The molecular weight excluding hydrogens is 340 g/mol. The zero-order valence-corrected chi connectivity index (χ0v) is 14.4.